The average Bonchev–Trinajstić information content (AvgIpc) is 3.46. The van der Waals surface area contributed by atoms with Gasteiger partial charge in [-0.3, -0.25) is 14.5 Å². The highest BCUT2D eigenvalue weighted by molar-refractivity contribution is 6.05. The molecule has 9 nitrogen and oxygen atoms in total. The molecule has 12 heteroatoms. The molecule has 1 amide bonds. The third-order valence-corrected chi connectivity index (χ3v) is 6.18. The Balaban J connectivity index is 1.59. The lowest BCUT2D eigenvalue weighted by Gasteiger charge is -2.19. The molecule has 4 rings (SSSR count). The van der Waals surface area contributed by atoms with Crippen molar-refractivity contribution < 1.29 is 22.7 Å². The molecular weight excluding hydrogens is 499 g/mol. The van der Waals surface area contributed by atoms with Crippen molar-refractivity contribution in [3.05, 3.63) is 76.7 Å². The van der Waals surface area contributed by atoms with E-state index in [-0.39, 0.29) is 23.6 Å². The summed E-state index contributed by atoms with van der Waals surface area (Å²) in [6.45, 7) is 4.65. The van der Waals surface area contributed by atoms with Gasteiger partial charge in [0.25, 0.3) is 5.91 Å². The molecule has 1 aliphatic heterocycles. The van der Waals surface area contributed by atoms with Crippen LogP contribution in [-0.2, 0) is 13.2 Å². The second-order valence-corrected chi connectivity index (χ2v) is 9.23. The molecule has 3 aromatic rings. The number of aromatic nitrogens is 2. The van der Waals surface area contributed by atoms with Crippen LogP contribution in [0.1, 0.15) is 32.7 Å². The number of alkyl halides is 3. The largest absolute Gasteiger partial charge is 0.490 e. The van der Waals surface area contributed by atoms with Crippen LogP contribution in [0, 0.1) is 13.8 Å². The summed E-state index contributed by atoms with van der Waals surface area (Å²) >= 11 is 0. The van der Waals surface area contributed by atoms with Gasteiger partial charge in [-0.15, -0.1) is 5.53 Å². The molecule has 0 bridgehead atoms. The van der Waals surface area contributed by atoms with E-state index in [1.807, 2.05) is 46.1 Å². The number of halogens is 3. The first-order valence-electron chi connectivity index (χ1n) is 11.9. The fourth-order valence-electron chi connectivity index (χ4n) is 3.82. The Bertz CT molecular complexity index is 1370. The summed E-state index contributed by atoms with van der Waals surface area (Å²) in [6, 6.07) is 8.09. The molecule has 2 heterocycles. The molecule has 202 valence electrons. The highest BCUT2D eigenvalue weighted by atomic mass is 19.4. The summed E-state index contributed by atoms with van der Waals surface area (Å²) in [5.41, 5.74) is 9.74. The van der Waals surface area contributed by atoms with Gasteiger partial charge in [0.2, 0.25) is 0 Å². The van der Waals surface area contributed by atoms with Crippen LogP contribution in [0.4, 0.5) is 24.5 Å². The second kappa shape index (κ2) is 10.8. The van der Waals surface area contributed by atoms with Crippen LogP contribution in [0.2, 0.25) is 0 Å². The Morgan fingerprint density at radius 2 is 1.92 bits per heavy atom. The number of anilines is 2. The Morgan fingerprint density at radius 1 is 1.16 bits per heavy atom. The van der Waals surface area contributed by atoms with Crippen LogP contribution in [0.5, 0.6) is 5.75 Å². The second-order valence-electron chi connectivity index (χ2n) is 9.23. The SMILES string of the molecule is Cc1ccc(C(=O)Nc2cc(C(F)(F)F)ccc2OCCN(C)C)cc1N1C=C(c2cnn(C)c2C)NN1. The van der Waals surface area contributed by atoms with Crippen LogP contribution < -0.4 is 26.0 Å². The van der Waals surface area contributed by atoms with Gasteiger partial charge in [-0.05, 0) is 63.8 Å². The fraction of sp³-hybridized carbons (Fsp3) is 0.308. The normalized spacial score (nSPS) is 13.5. The maximum absolute atomic E-state index is 13.4. The summed E-state index contributed by atoms with van der Waals surface area (Å²) in [5, 5.41) is 8.59. The van der Waals surface area contributed by atoms with Gasteiger partial charge in [0.1, 0.15) is 12.4 Å². The van der Waals surface area contributed by atoms with Crippen molar-refractivity contribution in [3.8, 4) is 5.75 Å². The maximum Gasteiger partial charge on any atom is 0.416 e. The number of carbonyl (C=O) groups is 1. The van der Waals surface area contributed by atoms with Gasteiger partial charge < -0.3 is 20.4 Å². The zero-order valence-electron chi connectivity index (χ0n) is 21.8. The van der Waals surface area contributed by atoms with Gasteiger partial charge in [0.05, 0.1) is 28.8 Å². The lowest BCUT2D eigenvalue weighted by molar-refractivity contribution is -0.137. The van der Waals surface area contributed by atoms with E-state index in [2.05, 4.69) is 21.4 Å². The number of nitrogens with one attached hydrogen (secondary N) is 3. The van der Waals surface area contributed by atoms with Gasteiger partial charge in [-0.2, -0.15) is 18.3 Å². The van der Waals surface area contributed by atoms with E-state index in [9.17, 15) is 18.0 Å². The first-order valence-corrected chi connectivity index (χ1v) is 11.9. The Hall–Kier alpha value is -4.03. The minimum absolute atomic E-state index is 0.0547. The quantitative estimate of drug-likeness (QED) is 0.406. The van der Waals surface area contributed by atoms with Crippen LogP contribution in [0.25, 0.3) is 5.70 Å². The highest BCUT2D eigenvalue weighted by Crippen LogP contribution is 2.35. The molecule has 38 heavy (non-hydrogen) atoms. The van der Waals surface area contributed by atoms with Gasteiger partial charge in [0, 0.05) is 36.6 Å². The lowest BCUT2D eigenvalue weighted by Crippen LogP contribution is -2.36. The monoisotopic (exact) mass is 529 g/mol. The predicted molar refractivity (Wildman–Crippen MR) is 139 cm³/mol. The molecule has 1 aliphatic rings. The van der Waals surface area contributed by atoms with Crippen molar-refractivity contribution >= 4 is 23.0 Å². The first kappa shape index (κ1) is 27.0. The molecule has 0 saturated heterocycles. The van der Waals surface area contributed by atoms with Crippen molar-refractivity contribution in [2.75, 3.05) is 37.6 Å². The third kappa shape index (κ3) is 5.92. The first-order chi connectivity index (χ1) is 17.9. The average molecular weight is 530 g/mol. The van der Waals surface area contributed by atoms with Crippen LogP contribution in [0.3, 0.4) is 0 Å². The number of ether oxygens (including phenoxy) is 1. The van der Waals surface area contributed by atoms with E-state index in [1.165, 1.54) is 6.07 Å². The molecule has 2 aromatic carbocycles. The van der Waals surface area contributed by atoms with Crippen molar-refractivity contribution in [1.82, 2.24) is 25.6 Å². The number of rotatable bonds is 8. The Kier molecular flexibility index (Phi) is 7.65. The molecule has 1 aromatic heterocycles. The summed E-state index contributed by atoms with van der Waals surface area (Å²) in [7, 11) is 5.57. The predicted octanol–water partition coefficient (Wildman–Crippen LogP) is 4.08. The van der Waals surface area contributed by atoms with Gasteiger partial charge in [-0.25, -0.2) is 0 Å². The number of hydrogen-bond acceptors (Lipinski definition) is 7. The van der Waals surface area contributed by atoms with Crippen molar-refractivity contribution in [2.45, 2.75) is 20.0 Å². The molecule has 3 N–H and O–H groups in total. The standard InChI is InChI=1S/C26H30F3N7O2/c1-16-6-7-18(12-23(16)36-15-22(32-33-36)20-14-30-35(5)17(20)2)25(37)31-21-13-19(26(27,28)29)8-9-24(21)38-11-10-34(3)4/h6-9,12-15,32-33H,10-11H2,1-5H3,(H,31,37). The molecular formula is C26H30F3N7O2. The number of hydrazine groups is 2. The molecule has 0 spiro atoms. The number of carbonyl (C=O) groups excluding carboxylic acids is 1. The Labute approximate surface area is 218 Å². The summed E-state index contributed by atoms with van der Waals surface area (Å²) < 4.78 is 47.6. The van der Waals surface area contributed by atoms with E-state index in [0.29, 0.717) is 12.2 Å². The summed E-state index contributed by atoms with van der Waals surface area (Å²) in [5.74, 6) is -0.409. The Morgan fingerprint density at radius 3 is 2.58 bits per heavy atom. The van der Waals surface area contributed by atoms with E-state index in [4.69, 9.17) is 4.74 Å². The number of benzene rings is 2. The number of nitrogens with zero attached hydrogens (tertiary/aromatic N) is 4. The zero-order chi connectivity index (χ0) is 27.6. The number of amides is 1. The zero-order valence-corrected chi connectivity index (χ0v) is 21.8. The van der Waals surface area contributed by atoms with Crippen molar-refractivity contribution in [3.63, 3.8) is 0 Å². The summed E-state index contributed by atoms with van der Waals surface area (Å²) in [6.07, 6.45) is -0.968. The fourth-order valence-corrected chi connectivity index (χ4v) is 3.82. The van der Waals surface area contributed by atoms with Crippen molar-refractivity contribution in [2.24, 2.45) is 7.05 Å². The number of hydrogen-bond donors (Lipinski definition) is 3. The van der Waals surface area contributed by atoms with Crippen LogP contribution in [0.15, 0.2) is 48.8 Å². The van der Waals surface area contributed by atoms with E-state index in [0.717, 1.165) is 34.7 Å². The maximum atomic E-state index is 13.4. The van der Waals surface area contributed by atoms with Crippen LogP contribution in [-0.4, -0.2) is 47.8 Å². The van der Waals surface area contributed by atoms with Crippen LogP contribution >= 0.6 is 0 Å². The van der Waals surface area contributed by atoms with Gasteiger partial charge in [-0.1, -0.05) is 6.07 Å². The topological polar surface area (TPSA) is 86.7 Å². The minimum Gasteiger partial charge on any atom is -0.490 e. The van der Waals surface area contributed by atoms with Gasteiger partial charge >= 0.3 is 6.18 Å². The highest BCUT2D eigenvalue weighted by Gasteiger charge is 2.31. The van der Waals surface area contributed by atoms with E-state index < -0.39 is 17.6 Å². The number of aryl methyl sites for hydroxylation is 2. The minimum atomic E-state index is -4.57. The van der Waals surface area contributed by atoms with E-state index in [1.54, 1.807) is 34.1 Å². The molecule has 0 radical (unpaired) electrons. The third-order valence-electron chi connectivity index (χ3n) is 6.18. The molecule has 0 aliphatic carbocycles. The number of likely N-dealkylation sites (N-methyl/N-ethyl adjacent to an activating group) is 1. The van der Waals surface area contributed by atoms with E-state index >= 15 is 0 Å². The molecule has 0 atom stereocenters. The smallest absolute Gasteiger partial charge is 0.416 e. The van der Waals surface area contributed by atoms with Crippen molar-refractivity contribution in [1.29, 1.82) is 0 Å². The molecule has 0 unspecified atom stereocenters. The molecule has 0 fully saturated rings. The lowest BCUT2D eigenvalue weighted by atomic mass is 10.1. The molecule has 0 saturated carbocycles. The summed E-state index contributed by atoms with van der Waals surface area (Å²) in [4.78, 5) is 15.1. The van der Waals surface area contributed by atoms with Gasteiger partial charge in [0.15, 0.2) is 0 Å².